The smallest absolute Gasteiger partial charge is 0.306 e. The van der Waals surface area contributed by atoms with Gasteiger partial charge in [-0.2, -0.15) is 0 Å². The van der Waals surface area contributed by atoms with Crippen molar-refractivity contribution < 1.29 is 49.0 Å². The molecule has 312 valence electrons. The van der Waals surface area contributed by atoms with Gasteiger partial charge in [-0.1, -0.05) is 154 Å². The van der Waals surface area contributed by atoms with Crippen molar-refractivity contribution in [3.05, 3.63) is 12.2 Å². The minimum Gasteiger partial charge on any atom is -0.462 e. The number of rotatable bonds is 36. The van der Waals surface area contributed by atoms with Crippen molar-refractivity contribution in [2.24, 2.45) is 0 Å². The number of carbonyl (C=O) groups excluding carboxylic acids is 2. The van der Waals surface area contributed by atoms with Crippen LogP contribution in [0.5, 0.6) is 0 Å². The van der Waals surface area contributed by atoms with Crippen molar-refractivity contribution in [3.63, 3.8) is 0 Å². The zero-order valence-corrected chi connectivity index (χ0v) is 33.8. The lowest BCUT2D eigenvalue weighted by Crippen LogP contribution is -2.59. The maximum atomic E-state index is 12.7. The monoisotopic (exact) mass is 757 g/mol. The van der Waals surface area contributed by atoms with Gasteiger partial charge in [-0.25, -0.2) is 0 Å². The molecular formula is C43H80O10. The minimum absolute atomic E-state index is 0.213. The van der Waals surface area contributed by atoms with Gasteiger partial charge in [-0.3, -0.25) is 9.59 Å². The highest BCUT2D eigenvalue weighted by molar-refractivity contribution is 5.70. The van der Waals surface area contributed by atoms with E-state index in [-0.39, 0.29) is 32.0 Å². The first-order chi connectivity index (χ1) is 25.8. The van der Waals surface area contributed by atoms with Gasteiger partial charge in [0.15, 0.2) is 12.4 Å². The molecule has 1 rings (SSSR count). The van der Waals surface area contributed by atoms with Crippen LogP contribution < -0.4 is 0 Å². The lowest BCUT2D eigenvalue weighted by Gasteiger charge is -2.39. The summed E-state index contributed by atoms with van der Waals surface area (Å²) in [5.74, 6) is -0.805. The molecule has 0 aromatic heterocycles. The van der Waals surface area contributed by atoms with E-state index < -0.39 is 49.4 Å². The van der Waals surface area contributed by atoms with E-state index in [2.05, 4.69) is 26.0 Å². The first-order valence-electron chi connectivity index (χ1n) is 21.8. The second kappa shape index (κ2) is 34.9. The number of allylic oxidation sites excluding steroid dienone is 2. The minimum atomic E-state index is -1.59. The fraction of sp³-hybridized carbons (Fsp3) is 0.907. The standard InChI is InChI=1S/C43H80O10/c1-3-5-7-9-11-13-14-15-16-17-18-19-20-21-22-24-26-28-30-32-39(46)52-36(35-51-43-42(49)41(48)40(47)37(33-44)53-43)34-50-38(45)31-29-27-25-23-12-10-8-6-4-2/h15-16,36-37,40-44,47-49H,3-14,17-35H2,1-2H3/b16-15-. The zero-order chi connectivity index (χ0) is 38.8. The molecular weight excluding hydrogens is 676 g/mol. The average Bonchev–Trinajstić information content (AvgIpc) is 3.15. The summed E-state index contributed by atoms with van der Waals surface area (Å²) < 4.78 is 22.1. The molecule has 1 fully saturated rings. The maximum absolute atomic E-state index is 12.7. The summed E-state index contributed by atoms with van der Waals surface area (Å²) in [6, 6.07) is 0. The molecule has 0 aromatic carbocycles. The van der Waals surface area contributed by atoms with Crippen LogP contribution >= 0.6 is 0 Å². The highest BCUT2D eigenvalue weighted by Gasteiger charge is 2.44. The Kier molecular flexibility index (Phi) is 32.6. The SMILES string of the molecule is CCCCCCCC/C=C\CCCCCCCCCCCC(=O)OC(COC(=O)CCCCCCCCCCC)COC1OC(CO)C(O)C(O)C1O. The lowest BCUT2D eigenvalue weighted by molar-refractivity contribution is -0.305. The molecule has 1 aliphatic heterocycles. The molecule has 0 bridgehead atoms. The number of aliphatic hydroxyl groups is 4. The third-order valence-electron chi connectivity index (χ3n) is 10.2. The third kappa shape index (κ3) is 26.8. The number of hydrogen-bond donors (Lipinski definition) is 4. The Balaban J connectivity index is 2.30. The van der Waals surface area contributed by atoms with Gasteiger partial charge in [0.25, 0.3) is 0 Å². The number of esters is 2. The van der Waals surface area contributed by atoms with Crippen LogP contribution in [0.25, 0.3) is 0 Å². The Morgan fingerprint density at radius 3 is 1.47 bits per heavy atom. The molecule has 0 spiro atoms. The second-order valence-electron chi connectivity index (χ2n) is 15.2. The summed E-state index contributed by atoms with van der Waals surface area (Å²) in [4.78, 5) is 25.2. The maximum Gasteiger partial charge on any atom is 0.306 e. The number of aliphatic hydroxyl groups excluding tert-OH is 4. The summed E-state index contributed by atoms with van der Waals surface area (Å²) in [6.45, 7) is 3.40. The van der Waals surface area contributed by atoms with Gasteiger partial charge < -0.3 is 39.4 Å². The van der Waals surface area contributed by atoms with Gasteiger partial charge >= 0.3 is 11.9 Å². The number of ether oxygens (including phenoxy) is 4. The van der Waals surface area contributed by atoms with E-state index in [1.54, 1.807) is 0 Å². The predicted molar refractivity (Wildman–Crippen MR) is 210 cm³/mol. The van der Waals surface area contributed by atoms with Gasteiger partial charge in [0.1, 0.15) is 31.0 Å². The average molecular weight is 757 g/mol. The molecule has 0 aromatic rings. The molecule has 0 saturated carbocycles. The van der Waals surface area contributed by atoms with Gasteiger partial charge in [-0.15, -0.1) is 0 Å². The molecule has 1 aliphatic rings. The van der Waals surface area contributed by atoms with E-state index >= 15 is 0 Å². The number of hydrogen-bond acceptors (Lipinski definition) is 10. The zero-order valence-electron chi connectivity index (χ0n) is 33.8. The molecule has 0 aliphatic carbocycles. The topological polar surface area (TPSA) is 152 Å². The van der Waals surface area contributed by atoms with E-state index in [1.165, 1.54) is 122 Å². The predicted octanol–water partition coefficient (Wildman–Crippen LogP) is 8.78. The molecule has 53 heavy (non-hydrogen) atoms. The largest absolute Gasteiger partial charge is 0.462 e. The van der Waals surface area contributed by atoms with Crippen molar-refractivity contribution in [2.75, 3.05) is 19.8 Å². The highest BCUT2D eigenvalue weighted by Crippen LogP contribution is 2.23. The molecule has 0 amide bonds. The van der Waals surface area contributed by atoms with Crippen LogP contribution in [-0.2, 0) is 28.5 Å². The number of unbranched alkanes of at least 4 members (excludes halogenated alkanes) is 23. The van der Waals surface area contributed by atoms with Gasteiger partial charge in [0.05, 0.1) is 13.2 Å². The fourth-order valence-electron chi connectivity index (χ4n) is 6.65. The molecule has 6 atom stereocenters. The Hall–Kier alpha value is -1.56. The van der Waals surface area contributed by atoms with E-state index in [9.17, 15) is 30.0 Å². The van der Waals surface area contributed by atoms with Crippen LogP contribution in [-0.4, -0.2) is 89.0 Å². The fourth-order valence-corrected chi connectivity index (χ4v) is 6.65. The Labute approximate surface area is 322 Å². The summed E-state index contributed by atoms with van der Waals surface area (Å²) >= 11 is 0. The Morgan fingerprint density at radius 2 is 1.00 bits per heavy atom. The highest BCUT2D eigenvalue weighted by atomic mass is 16.7. The summed E-state index contributed by atoms with van der Waals surface area (Å²) in [5.41, 5.74) is 0. The third-order valence-corrected chi connectivity index (χ3v) is 10.2. The molecule has 1 heterocycles. The van der Waals surface area contributed by atoms with Gasteiger partial charge in [0, 0.05) is 12.8 Å². The van der Waals surface area contributed by atoms with Crippen molar-refractivity contribution >= 4 is 11.9 Å². The molecule has 6 unspecified atom stereocenters. The van der Waals surface area contributed by atoms with Crippen molar-refractivity contribution in [2.45, 2.75) is 230 Å². The van der Waals surface area contributed by atoms with Gasteiger partial charge in [-0.05, 0) is 38.5 Å². The number of carbonyl (C=O) groups is 2. The van der Waals surface area contributed by atoms with Crippen LogP contribution in [0.2, 0.25) is 0 Å². The van der Waals surface area contributed by atoms with E-state index in [4.69, 9.17) is 18.9 Å². The second-order valence-corrected chi connectivity index (χ2v) is 15.2. The van der Waals surface area contributed by atoms with E-state index in [0.717, 1.165) is 38.5 Å². The molecule has 10 heteroatoms. The van der Waals surface area contributed by atoms with Crippen LogP contribution in [0.4, 0.5) is 0 Å². The Bertz CT molecular complexity index is 881. The molecule has 4 N–H and O–H groups in total. The van der Waals surface area contributed by atoms with Crippen molar-refractivity contribution in [1.82, 2.24) is 0 Å². The normalized spacial score (nSPS) is 20.9. The van der Waals surface area contributed by atoms with E-state index in [0.29, 0.717) is 6.42 Å². The summed E-state index contributed by atoms with van der Waals surface area (Å²) in [7, 11) is 0. The van der Waals surface area contributed by atoms with Crippen molar-refractivity contribution in [1.29, 1.82) is 0 Å². The first-order valence-corrected chi connectivity index (χ1v) is 21.8. The van der Waals surface area contributed by atoms with Crippen LogP contribution in [0.15, 0.2) is 12.2 Å². The summed E-state index contributed by atoms with van der Waals surface area (Å²) in [6.07, 6.45) is 28.0. The van der Waals surface area contributed by atoms with E-state index in [1.807, 2.05) is 0 Å². The molecule has 0 radical (unpaired) electrons. The van der Waals surface area contributed by atoms with Crippen molar-refractivity contribution in [3.8, 4) is 0 Å². The molecule has 10 nitrogen and oxygen atoms in total. The van der Waals surface area contributed by atoms with Crippen LogP contribution in [0.1, 0.15) is 194 Å². The Morgan fingerprint density at radius 1 is 0.566 bits per heavy atom. The van der Waals surface area contributed by atoms with Gasteiger partial charge in [0.2, 0.25) is 0 Å². The lowest BCUT2D eigenvalue weighted by atomic mass is 9.99. The molecule has 1 saturated heterocycles. The summed E-state index contributed by atoms with van der Waals surface area (Å²) in [5, 5.41) is 40.0. The van der Waals surface area contributed by atoms with Crippen LogP contribution in [0.3, 0.4) is 0 Å². The van der Waals surface area contributed by atoms with Crippen LogP contribution in [0, 0.1) is 0 Å². The first kappa shape index (κ1) is 49.5. The quantitative estimate of drug-likeness (QED) is 0.0277.